The summed E-state index contributed by atoms with van der Waals surface area (Å²) < 4.78 is 16.8. The van der Waals surface area contributed by atoms with Crippen LogP contribution >= 0.6 is 0 Å². The van der Waals surface area contributed by atoms with Crippen molar-refractivity contribution in [2.75, 3.05) is 13.2 Å². The third kappa shape index (κ3) is 57.6. The summed E-state index contributed by atoms with van der Waals surface area (Å²) in [5.41, 5.74) is 0. The molecule has 1 unspecified atom stereocenters. The Bertz CT molecular complexity index is 1320. The molecule has 1 atom stereocenters. The smallest absolute Gasteiger partial charge is 0.306 e. The number of esters is 3. The minimum absolute atomic E-state index is 0.0837. The standard InChI is InChI=1S/C65H114O6/c1-4-7-10-13-16-19-22-24-26-27-28-29-30-31-32-33-34-35-36-37-39-40-43-46-49-52-55-58-64(67)70-61-62(60-69-63(66)57-54-51-48-45-42-21-18-15-12-9-6-3)71-65(68)59-56-53-50-47-44-41-38-25-23-20-17-14-11-8-5-2/h15,17-18,20,22,24-25,27-28,30-31,38,62H,4-14,16,19,21,23,26,29,32-37,39-61H2,1-3H3/b18-15-,20-17-,24-22-,28-27-,31-30-,38-25-. The van der Waals surface area contributed by atoms with E-state index >= 15 is 0 Å². The normalized spacial score (nSPS) is 12.5. The number of allylic oxidation sites excluding steroid dienone is 12. The summed E-state index contributed by atoms with van der Waals surface area (Å²) in [5, 5.41) is 0. The molecule has 0 saturated carbocycles. The van der Waals surface area contributed by atoms with Gasteiger partial charge in [-0.2, -0.15) is 0 Å². The Hall–Kier alpha value is -3.15. The molecule has 0 aliphatic heterocycles. The van der Waals surface area contributed by atoms with Crippen molar-refractivity contribution in [2.24, 2.45) is 0 Å². The fourth-order valence-electron chi connectivity index (χ4n) is 8.52. The van der Waals surface area contributed by atoms with E-state index in [1.807, 2.05) is 0 Å². The molecule has 0 heterocycles. The molecule has 0 spiro atoms. The molecule has 0 saturated heterocycles. The maximum absolute atomic E-state index is 12.8. The molecule has 0 fully saturated rings. The van der Waals surface area contributed by atoms with E-state index in [0.29, 0.717) is 19.3 Å². The summed E-state index contributed by atoms with van der Waals surface area (Å²) in [4.78, 5) is 38.1. The third-order valence-corrected chi connectivity index (χ3v) is 13.2. The SMILES string of the molecule is CCCC/C=C\CCCCCCCC(=O)OCC(COC(=O)CCCCCCCCCCCCCC/C=C\C/C=C\C/C=C\CCCCCCC)OC(=O)CCCCCCC/C=C\C/C=C\CCCCC. The van der Waals surface area contributed by atoms with Gasteiger partial charge in [-0.05, 0) is 109 Å². The number of unbranched alkanes of at least 4 members (excludes halogenated alkanes) is 32. The van der Waals surface area contributed by atoms with Crippen LogP contribution in [0.2, 0.25) is 0 Å². The van der Waals surface area contributed by atoms with E-state index in [1.165, 1.54) is 161 Å². The molecule has 0 bridgehead atoms. The van der Waals surface area contributed by atoms with Crippen molar-refractivity contribution in [3.05, 3.63) is 72.9 Å². The van der Waals surface area contributed by atoms with Crippen LogP contribution in [-0.2, 0) is 28.6 Å². The maximum Gasteiger partial charge on any atom is 0.306 e. The summed E-state index contributed by atoms with van der Waals surface area (Å²) in [5.74, 6) is -0.901. The zero-order chi connectivity index (χ0) is 51.4. The molecule has 0 rings (SSSR count). The minimum atomic E-state index is -0.786. The number of hydrogen-bond donors (Lipinski definition) is 0. The van der Waals surface area contributed by atoms with Crippen molar-refractivity contribution in [1.82, 2.24) is 0 Å². The average molecular weight is 992 g/mol. The van der Waals surface area contributed by atoms with Gasteiger partial charge in [-0.15, -0.1) is 0 Å². The van der Waals surface area contributed by atoms with Crippen molar-refractivity contribution in [1.29, 1.82) is 0 Å². The molecule has 0 N–H and O–H groups in total. The van der Waals surface area contributed by atoms with Crippen LogP contribution in [0, 0.1) is 0 Å². The minimum Gasteiger partial charge on any atom is -0.462 e. The highest BCUT2D eigenvalue weighted by Gasteiger charge is 2.19. The Morgan fingerprint density at radius 2 is 0.521 bits per heavy atom. The Balaban J connectivity index is 4.24. The van der Waals surface area contributed by atoms with Crippen molar-refractivity contribution in [3.8, 4) is 0 Å². The Kier molecular flexibility index (Phi) is 56.8. The predicted octanol–water partition coefficient (Wildman–Crippen LogP) is 20.5. The first-order valence-corrected chi connectivity index (χ1v) is 30.4. The van der Waals surface area contributed by atoms with Gasteiger partial charge in [-0.1, -0.05) is 248 Å². The third-order valence-electron chi connectivity index (χ3n) is 13.2. The van der Waals surface area contributed by atoms with Crippen LogP contribution in [-0.4, -0.2) is 37.2 Å². The lowest BCUT2D eigenvalue weighted by molar-refractivity contribution is -0.167. The number of hydrogen-bond acceptors (Lipinski definition) is 6. The first-order chi connectivity index (χ1) is 35.0. The molecule has 0 radical (unpaired) electrons. The van der Waals surface area contributed by atoms with E-state index in [2.05, 4.69) is 93.7 Å². The van der Waals surface area contributed by atoms with Gasteiger partial charge < -0.3 is 14.2 Å². The fourth-order valence-corrected chi connectivity index (χ4v) is 8.52. The van der Waals surface area contributed by atoms with Crippen LogP contribution in [0.5, 0.6) is 0 Å². The van der Waals surface area contributed by atoms with Gasteiger partial charge in [0.25, 0.3) is 0 Å². The summed E-state index contributed by atoms with van der Waals surface area (Å²) >= 11 is 0. The van der Waals surface area contributed by atoms with Crippen molar-refractivity contribution in [2.45, 2.75) is 309 Å². The molecule has 0 aliphatic carbocycles. The van der Waals surface area contributed by atoms with Gasteiger partial charge in [-0.3, -0.25) is 14.4 Å². The van der Waals surface area contributed by atoms with E-state index in [0.717, 1.165) is 103 Å². The van der Waals surface area contributed by atoms with Gasteiger partial charge in [0.15, 0.2) is 6.10 Å². The van der Waals surface area contributed by atoms with Crippen LogP contribution in [0.25, 0.3) is 0 Å². The predicted molar refractivity (Wildman–Crippen MR) is 307 cm³/mol. The number of carbonyl (C=O) groups is 3. The first kappa shape index (κ1) is 67.8. The van der Waals surface area contributed by atoms with Crippen LogP contribution in [0.15, 0.2) is 72.9 Å². The summed E-state index contributed by atoms with van der Waals surface area (Å²) in [6, 6.07) is 0. The largest absolute Gasteiger partial charge is 0.462 e. The van der Waals surface area contributed by atoms with E-state index < -0.39 is 6.10 Å². The second-order valence-electron chi connectivity index (χ2n) is 20.2. The van der Waals surface area contributed by atoms with E-state index in [4.69, 9.17) is 14.2 Å². The molecule has 0 amide bonds. The Morgan fingerprint density at radius 3 is 0.873 bits per heavy atom. The summed E-state index contributed by atoms with van der Waals surface area (Å²) in [6.45, 7) is 6.56. The summed E-state index contributed by atoms with van der Waals surface area (Å²) in [7, 11) is 0. The van der Waals surface area contributed by atoms with Crippen molar-refractivity contribution >= 4 is 17.9 Å². The molecule has 6 nitrogen and oxygen atoms in total. The lowest BCUT2D eigenvalue weighted by Gasteiger charge is -2.18. The maximum atomic E-state index is 12.8. The van der Waals surface area contributed by atoms with E-state index in [-0.39, 0.29) is 31.1 Å². The zero-order valence-corrected chi connectivity index (χ0v) is 47.0. The first-order valence-electron chi connectivity index (χ1n) is 30.4. The van der Waals surface area contributed by atoms with Gasteiger partial charge in [0, 0.05) is 19.3 Å². The molecule has 0 aromatic rings. The Labute approximate surface area is 440 Å². The molecular weight excluding hydrogens is 877 g/mol. The molecule has 0 aromatic carbocycles. The number of rotatable bonds is 55. The molecule has 410 valence electrons. The zero-order valence-electron chi connectivity index (χ0n) is 47.0. The van der Waals surface area contributed by atoms with Gasteiger partial charge in [0.1, 0.15) is 13.2 Å². The monoisotopic (exact) mass is 991 g/mol. The number of ether oxygens (including phenoxy) is 3. The van der Waals surface area contributed by atoms with Gasteiger partial charge in [0.05, 0.1) is 0 Å². The lowest BCUT2D eigenvalue weighted by atomic mass is 10.0. The quantitative estimate of drug-likeness (QED) is 0.0261. The molecule has 0 aromatic heterocycles. The van der Waals surface area contributed by atoms with Crippen molar-refractivity contribution in [3.63, 3.8) is 0 Å². The molecule has 6 heteroatoms. The van der Waals surface area contributed by atoms with Gasteiger partial charge in [-0.25, -0.2) is 0 Å². The Morgan fingerprint density at radius 1 is 0.282 bits per heavy atom. The number of carbonyl (C=O) groups excluding carboxylic acids is 3. The lowest BCUT2D eigenvalue weighted by Crippen LogP contribution is -2.30. The highest BCUT2D eigenvalue weighted by atomic mass is 16.6. The topological polar surface area (TPSA) is 78.9 Å². The van der Waals surface area contributed by atoms with Gasteiger partial charge in [0.2, 0.25) is 0 Å². The highest BCUT2D eigenvalue weighted by Crippen LogP contribution is 2.16. The van der Waals surface area contributed by atoms with E-state index in [9.17, 15) is 14.4 Å². The molecule has 71 heavy (non-hydrogen) atoms. The van der Waals surface area contributed by atoms with Crippen LogP contribution < -0.4 is 0 Å². The average Bonchev–Trinajstić information content (AvgIpc) is 3.37. The fraction of sp³-hybridized carbons (Fsp3) is 0.769. The summed E-state index contributed by atoms with van der Waals surface area (Å²) in [6.07, 6.45) is 76.2. The molecular formula is C65H114O6. The molecule has 0 aliphatic rings. The van der Waals surface area contributed by atoms with Gasteiger partial charge >= 0.3 is 17.9 Å². The van der Waals surface area contributed by atoms with Crippen LogP contribution in [0.1, 0.15) is 303 Å². The van der Waals surface area contributed by atoms with E-state index in [1.54, 1.807) is 0 Å². The second-order valence-corrected chi connectivity index (χ2v) is 20.2. The second kappa shape index (κ2) is 59.4. The van der Waals surface area contributed by atoms with Crippen LogP contribution in [0.3, 0.4) is 0 Å². The van der Waals surface area contributed by atoms with Crippen LogP contribution in [0.4, 0.5) is 0 Å². The highest BCUT2D eigenvalue weighted by molar-refractivity contribution is 5.71. The van der Waals surface area contributed by atoms with Crippen molar-refractivity contribution < 1.29 is 28.6 Å².